The second-order valence-electron chi connectivity index (χ2n) is 4.28. The standard InChI is InChI=1S/C13H17N3O3/c1-15(7-3-2-4-8-17)13-9-11(10-14)5-6-12(13)16(18)19/h5-6,9,17H,2-4,7-8H2,1H3. The Kier molecular flexibility index (Phi) is 5.76. The van der Waals surface area contributed by atoms with Crippen LogP contribution in [0.1, 0.15) is 24.8 Å². The minimum Gasteiger partial charge on any atom is -0.396 e. The molecule has 0 saturated carbocycles. The van der Waals surface area contributed by atoms with Gasteiger partial charge in [0.25, 0.3) is 5.69 Å². The topological polar surface area (TPSA) is 90.4 Å². The van der Waals surface area contributed by atoms with E-state index in [2.05, 4.69) is 0 Å². The maximum Gasteiger partial charge on any atom is 0.292 e. The van der Waals surface area contributed by atoms with E-state index in [9.17, 15) is 10.1 Å². The van der Waals surface area contributed by atoms with Crippen LogP contribution in [0, 0.1) is 21.4 Å². The first kappa shape index (κ1) is 14.9. The fourth-order valence-electron chi connectivity index (χ4n) is 1.81. The van der Waals surface area contributed by atoms with Crippen molar-refractivity contribution in [3.8, 4) is 6.07 Å². The second kappa shape index (κ2) is 7.34. The summed E-state index contributed by atoms with van der Waals surface area (Å²) in [6.07, 6.45) is 2.44. The van der Waals surface area contributed by atoms with Gasteiger partial charge in [0.1, 0.15) is 5.69 Å². The molecular formula is C13H17N3O3. The molecule has 0 bridgehead atoms. The van der Waals surface area contributed by atoms with Gasteiger partial charge in [0.15, 0.2) is 0 Å². The summed E-state index contributed by atoms with van der Waals surface area (Å²) in [4.78, 5) is 12.3. The Morgan fingerprint density at radius 3 is 2.74 bits per heavy atom. The van der Waals surface area contributed by atoms with Gasteiger partial charge in [0.2, 0.25) is 0 Å². The number of nitro benzene ring substituents is 1. The highest BCUT2D eigenvalue weighted by Crippen LogP contribution is 2.28. The maximum absolute atomic E-state index is 11.0. The van der Waals surface area contributed by atoms with Crippen LogP contribution in [-0.4, -0.2) is 30.2 Å². The van der Waals surface area contributed by atoms with Crippen LogP contribution in [0.25, 0.3) is 0 Å². The molecule has 6 heteroatoms. The Labute approximate surface area is 112 Å². The number of unbranched alkanes of at least 4 members (excludes halogenated alkanes) is 2. The van der Waals surface area contributed by atoms with Gasteiger partial charge in [0, 0.05) is 26.3 Å². The summed E-state index contributed by atoms with van der Waals surface area (Å²) in [5.74, 6) is 0. The number of aliphatic hydroxyl groups is 1. The molecule has 0 aliphatic rings. The predicted octanol–water partition coefficient (Wildman–Crippen LogP) is 2.07. The van der Waals surface area contributed by atoms with Crippen molar-refractivity contribution in [2.24, 2.45) is 0 Å². The number of rotatable bonds is 7. The first-order valence-corrected chi connectivity index (χ1v) is 6.10. The number of hydrogen-bond donors (Lipinski definition) is 1. The Hall–Kier alpha value is -2.13. The van der Waals surface area contributed by atoms with Crippen LogP contribution >= 0.6 is 0 Å². The van der Waals surface area contributed by atoms with Crippen LogP contribution < -0.4 is 4.90 Å². The van der Waals surface area contributed by atoms with E-state index in [4.69, 9.17) is 10.4 Å². The van der Waals surface area contributed by atoms with E-state index in [1.165, 1.54) is 18.2 Å². The normalized spacial score (nSPS) is 9.95. The van der Waals surface area contributed by atoms with Crippen molar-refractivity contribution < 1.29 is 10.0 Å². The van der Waals surface area contributed by atoms with Gasteiger partial charge >= 0.3 is 0 Å². The minimum absolute atomic E-state index is 0.00339. The molecule has 0 amide bonds. The summed E-state index contributed by atoms with van der Waals surface area (Å²) in [5.41, 5.74) is 0.861. The monoisotopic (exact) mass is 263 g/mol. The third-order valence-electron chi connectivity index (χ3n) is 2.86. The average molecular weight is 263 g/mol. The summed E-state index contributed by atoms with van der Waals surface area (Å²) in [5, 5.41) is 28.5. The van der Waals surface area contributed by atoms with Gasteiger partial charge in [0.05, 0.1) is 16.6 Å². The third kappa shape index (κ3) is 4.23. The molecule has 0 unspecified atom stereocenters. The average Bonchev–Trinajstić information content (AvgIpc) is 2.42. The highest BCUT2D eigenvalue weighted by molar-refractivity contribution is 5.65. The molecular weight excluding hydrogens is 246 g/mol. The zero-order valence-electron chi connectivity index (χ0n) is 10.9. The lowest BCUT2D eigenvalue weighted by atomic mass is 10.1. The van der Waals surface area contributed by atoms with Crippen LogP contribution in [0.15, 0.2) is 18.2 Å². The second-order valence-corrected chi connectivity index (χ2v) is 4.28. The molecule has 0 aliphatic heterocycles. The fourth-order valence-corrected chi connectivity index (χ4v) is 1.81. The highest BCUT2D eigenvalue weighted by Gasteiger charge is 2.17. The summed E-state index contributed by atoms with van der Waals surface area (Å²) in [7, 11) is 1.77. The lowest BCUT2D eigenvalue weighted by Crippen LogP contribution is -2.19. The molecule has 1 aromatic carbocycles. The fraction of sp³-hybridized carbons (Fsp3) is 0.462. The summed E-state index contributed by atoms with van der Waals surface area (Å²) in [6.45, 7) is 0.809. The van der Waals surface area contributed by atoms with Crippen molar-refractivity contribution in [3.05, 3.63) is 33.9 Å². The van der Waals surface area contributed by atoms with Gasteiger partial charge in [-0.2, -0.15) is 5.26 Å². The van der Waals surface area contributed by atoms with Crippen molar-refractivity contribution >= 4 is 11.4 Å². The molecule has 102 valence electrons. The van der Waals surface area contributed by atoms with Gasteiger partial charge in [-0.25, -0.2) is 0 Å². The molecule has 6 nitrogen and oxygen atoms in total. The number of nitriles is 1. The van der Waals surface area contributed by atoms with Gasteiger partial charge in [-0.3, -0.25) is 10.1 Å². The molecule has 0 radical (unpaired) electrons. The molecule has 0 spiro atoms. The quantitative estimate of drug-likeness (QED) is 0.462. The van der Waals surface area contributed by atoms with E-state index < -0.39 is 4.92 Å². The SMILES string of the molecule is CN(CCCCCO)c1cc(C#N)ccc1[N+](=O)[O-]. The van der Waals surface area contributed by atoms with E-state index in [1.54, 1.807) is 11.9 Å². The van der Waals surface area contributed by atoms with Gasteiger partial charge < -0.3 is 10.0 Å². The van der Waals surface area contributed by atoms with Crippen LogP contribution in [0.5, 0.6) is 0 Å². The Morgan fingerprint density at radius 2 is 2.16 bits per heavy atom. The van der Waals surface area contributed by atoms with E-state index in [0.29, 0.717) is 17.8 Å². The van der Waals surface area contributed by atoms with Crippen molar-refractivity contribution in [2.45, 2.75) is 19.3 Å². The Balaban J connectivity index is 2.84. The van der Waals surface area contributed by atoms with Gasteiger partial charge in [-0.05, 0) is 31.4 Å². The Morgan fingerprint density at radius 1 is 1.42 bits per heavy atom. The largest absolute Gasteiger partial charge is 0.396 e. The first-order chi connectivity index (χ1) is 9.10. The van der Waals surface area contributed by atoms with Crippen molar-refractivity contribution in [3.63, 3.8) is 0 Å². The number of anilines is 1. The third-order valence-corrected chi connectivity index (χ3v) is 2.86. The van der Waals surface area contributed by atoms with Gasteiger partial charge in [-0.15, -0.1) is 0 Å². The van der Waals surface area contributed by atoms with E-state index in [-0.39, 0.29) is 12.3 Å². The molecule has 1 rings (SSSR count). The van der Waals surface area contributed by atoms with Crippen LogP contribution in [0.2, 0.25) is 0 Å². The smallest absolute Gasteiger partial charge is 0.292 e. The van der Waals surface area contributed by atoms with E-state index in [1.807, 2.05) is 6.07 Å². The molecule has 1 N–H and O–H groups in total. The molecule has 0 aliphatic carbocycles. The first-order valence-electron chi connectivity index (χ1n) is 6.10. The number of aliphatic hydroxyl groups excluding tert-OH is 1. The van der Waals surface area contributed by atoms with Crippen molar-refractivity contribution in [1.29, 1.82) is 5.26 Å². The molecule has 1 aromatic rings. The number of nitrogens with zero attached hydrogens (tertiary/aromatic N) is 3. The zero-order chi connectivity index (χ0) is 14.3. The van der Waals surface area contributed by atoms with Crippen LogP contribution in [-0.2, 0) is 0 Å². The summed E-state index contributed by atoms with van der Waals surface area (Å²) >= 11 is 0. The van der Waals surface area contributed by atoms with Crippen molar-refractivity contribution in [1.82, 2.24) is 0 Å². The molecule has 0 fully saturated rings. The molecule has 19 heavy (non-hydrogen) atoms. The lowest BCUT2D eigenvalue weighted by molar-refractivity contribution is -0.384. The van der Waals surface area contributed by atoms with E-state index in [0.717, 1.165) is 19.3 Å². The number of benzene rings is 1. The van der Waals surface area contributed by atoms with E-state index >= 15 is 0 Å². The Bertz CT molecular complexity index is 483. The predicted molar refractivity (Wildman–Crippen MR) is 72.0 cm³/mol. The molecule has 0 saturated heterocycles. The molecule has 0 atom stereocenters. The lowest BCUT2D eigenvalue weighted by Gasteiger charge is -2.19. The maximum atomic E-state index is 11.0. The molecule has 0 aromatic heterocycles. The highest BCUT2D eigenvalue weighted by atomic mass is 16.6. The molecule has 0 heterocycles. The van der Waals surface area contributed by atoms with Gasteiger partial charge in [-0.1, -0.05) is 0 Å². The zero-order valence-corrected chi connectivity index (χ0v) is 10.9. The number of nitro groups is 1. The van der Waals surface area contributed by atoms with Crippen LogP contribution in [0.4, 0.5) is 11.4 Å². The van der Waals surface area contributed by atoms with Crippen molar-refractivity contribution in [2.75, 3.05) is 25.1 Å². The van der Waals surface area contributed by atoms with Crippen LogP contribution in [0.3, 0.4) is 0 Å². The minimum atomic E-state index is -0.444. The summed E-state index contributed by atoms with van der Waals surface area (Å²) < 4.78 is 0. The number of hydrogen-bond acceptors (Lipinski definition) is 5. The summed E-state index contributed by atoms with van der Waals surface area (Å²) in [6, 6.07) is 6.32.